The summed E-state index contributed by atoms with van der Waals surface area (Å²) in [7, 11) is -0.335. The van der Waals surface area contributed by atoms with Gasteiger partial charge in [-0.05, 0) is 40.9 Å². The van der Waals surface area contributed by atoms with Gasteiger partial charge in [0.25, 0.3) is 0 Å². The van der Waals surface area contributed by atoms with Crippen LogP contribution in [0.1, 0.15) is 26.3 Å². The molecule has 0 radical (unpaired) electrons. The van der Waals surface area contributed by atoms with Crippen LogP contribution in [-0.4, -0.2) is 56.5 Å². The first-order chi connectivity index (χ1) is 12.2. The van der Waals surface area contributed by atoms with Crippen LogP contribution in [0.15, 0.2) is 12.1 Å². The summed E-state index contributed by atoms with van der Waals surface area (Å²) in [5.74, 6) is -3.25. The topological polar surface area (TPSA) is 105 Å². The molecule has 1 aromatic rings. The second-order valence-corrected chi connectivity index (χ2v) is 10.5. The standard InChI is InChI=1S/C17H26F2N4O3S/c1-16(2)15(20)22-17(3,9-27(16,25)26)11-6-10(7-12(18)14(11)19)21-13(24)8-23(4)5/h6-7,15,22H,8-9,20H2,1-5H3,(H,21,24)/t15?,17-/m0/s1. The number of amides is 1. The number of hydrogen-bond donors (Lipinski definition) is 3. The third-order valence-corrected chi connectivity index (χ3v) is 7.68. The minimum Gasteiger partial charge on any atom is -0.325 e. The van der Waals surface area contributed by atoms with Crippen molar-refractivity contribution >= 4 is 21.4 Å². The zero-order valence-corrected chi connectivity index (χ0v) is 16.9. The Morgan fingerprint density at radius 3 is 2.44 bits per heavy atom. The number of anilines is 1. The van der Waals surface area contributed by atoms with Crippen molar-refractivity contribution in [3.8, 4) is 0 Å². The fraction of sp³-hybridized carbons (Fsp3) is 0.588. The molecule has 152 valence electrons. The number of sulfone groups is 1. The number of halogens is 2. The van der Waals surface area contributed by atoms with Gasteiger partial charge in [0, 0.05) is 17.3 Å². The van der Waals surface area contributed by atoms with Crippen LogP contribution in [0.2, 0.25) is 0 Å². The second kappa shape index (κ2) is 7.08. The van der Waals surface area contributed by atoms with E-state index in [1.54, 1.807) is 19.0 Å². The average Bonchev–Trinajstić information content (AvgIpc) is 2.47. The summed E-state index contributed by atoms with van der Waals surface area (Å²) < 4.78 is 52.8. The van der Waals surface area contributed by atoms with Gasteiger partial charge in [-0.15, -0.1) is 0 Å². The van der Waals surface area contributed by atoms with Gasteiger partial charge in [-0.1, -0.05) is 0 Å². The van der Waals surface area contributed by atoms with Gasteiger partial charge in [-0.25, -0.2) is 17.2 Å². The molecule has 1 saturated heterocycles. The lowest BCUT2D eigenvalue weighted by molar-refractivity contribution is -0.116. The van der Waals surface area contributed by atoms with Crippen molar-refractivity contribution in [3.63, 3.8) is 0 Å². The Kier molecular flexibility index (Phi) is 5.69. The molecule has 27 heavy (non-hydrogen) atoms. The average molecular weight is 404 g/mol. The van der Waals surface area contributed by atoms with Crippen LogP contribution >= 0.6 is 0 Å². The van der Waals surface area contributed by atoms with E-state index in [9.17, 15) is 22.0 Å². The lowest BCUT2D eigenvalue weighted by atomic mass is 9.90. The molecule has 7 nitrogen and oxygen atoms in total. The van der Waals surface area contributed by atoms with E-state index in [1.807, 2.05) is 0 Å². The fourth-order valence-corrected chi connectivity index (χ4v) is 4.84. The Morgan fingerprint density at radius 1 is 1.33 bits per heavy atom. The molecule has 1 aromatic carbocycles. The molecular weight excluding hydrogens is 378 g/mol. The van der Waals surface area contributed by atoms with Gasteiger partial charge in [-0.3, -0.25) is 10.1 Å². The van der Waals surface area contributed by atoms with Crippen molar-refractivity contribution < 1.29 is 22.0 Å². The van der Waals surface area contributed by atoms with Gasteiger partial charge < -0.3 is 16.0 Å². The van der Waals surface area contributed by atoms with Crippen molar-refractivity contribution in [2.24, 2.45) is 5.73 Å². The van der Waals surface area contributed by atoms with E-state index in [0.717, 1.165) is 6.07 Å². The predicted molar refractivity (Wildman–Crippen MR) is 99.9 cm³/mol. The van der Waals surface area contributed by atoms with Gasteiger partial charge in [0.2, 0.25) is 5.91 Å². The minimum atomic E-state index is -3.72. The molecule has 2 rings (SSSR count). The lowest BCUT2D eigenvalue weighted by Crippen LogP contribution is -2.69. The van der Waals surface area contributed by atoms with E-state index in [4.69, 9.17) is 5.73 Å². The Hall–Kier alpha value is -1.62. The van der Waals surface area contributed by atoms with Crippen molar-refractivity contribution in [1.29, 1.82) is 0 Å². The molecule has 0 saturated carbocycles. The number of nitrogens with zero attached hydrogens (tertiary/aromatic N) is 1. The lowest BCUT2D eigenvalue weighted by Gasteiger charge is -2.46. The first-order valence-electron chi connectivity index (χ1n) is 8.39. The molecule has 0 bridgehead atoms. The van der Waals surface area contributed by atoms with E-state index >= 15 is 0 Å². The van der Waals surface area contributed by atoms with E-state index in [-0.39, 0.29) is 17.8 Å². The highest BCUT2D eigenvalue weighted by Crippen LogP contribution is 2.37. The Morgan fingerprint density at radius 2 is 1.93 bits per heavy atom. The highest BCUT2D eigenvalue weighted by molar-refractivity contribution is 7.92. The van der Waals surface area contributed by atoms with Crippen molar-refractivity contribution in [3.05, 3.63) is 29.3 Å². The first-order valence-corrected chi connectivity index (χ1v) is 10.0. The summed E-state index contributed by atoms with van der Waals surface area (Å²) in [6.45, 7) is 4.46. The van der Waals surface area contributed by atoms with Crippen LogP contribution in [0.25, 0.3) is 0 Å². The molecule has 0 aromatic heterocycles. The number of carbonyl (C=O) groups excluding carboxylic acids is 1. The van der Waals surface area contributed by atoms with Crippen LogP contribution in [0, 0.1) is 11.6 Å². The predicted octanol–water partition coefficient (Wildman–Crippen LogP) is 0.762. The molecule has 0 aliphatic carbocycles. The van der Waals surface area contributed by atoms with E-state index in [1.165, 1.54) is 26.8 Å². The minimum absolute atomic E-state index is 0.0366. The molecule has 1 heterocycles. The summed E-state index contributed by atoms with van der Waals surface area (Å²) in [6.07, 6.45) is -0.990. The molecule has 2 atom stereocenters. The molecule has 4 N–H and O–H groups in total. The number of benzene rings is 1. The van der Waals surface area contributed by atoms with Crippen molar-refractivity contribution in [2.45, 2.75) is 37.2 Å². The maximum absolute atomic E-state index is 14.6. The highest BCUT2D eigenvalue weighted by atomic mass is 32.2. The molecule has 1 aliphatic heterocycles. The molecule has 1 unspecified atom stereocenters. The molecule has 10 heteroatoms. The van der Waals surface area contributed by atoms with Crippen LogP contribution in [0.4, 0.5) is 14.5 Å². The third-order valence-electron chi connectivity index (χ3n) is 4.87. The molecular formula is C17H26F2N4O3S. The van der Waals surface area contributed by atoms with Gasteiger partial charge in [0.1, 0.15) is 0 Å². The zero-order chi connectivity index (χ0) is 20.8. The van der Waals surface area contributed by atoms with E-state index < -0.39 is 49.6 Å². The first kappa shape index (κ1) is 21.7. The van der Waals surface area contributed by atoms with Gasteiger partial charge >= 0.3 is 0 Å². The molecule has 1 aliphatic rings. The quantitative estimate of drug-likeness (QED) is 0.685. The number of nitrogens with one attached hydrogen (secondary N) is 2. The van der Waals surface area contributed by atoms with Crippen molar-refractivity contribution in [2.75, 3.05) is 31.7 Å². The molecule has 0 spiro atoms. The van der Waals surface area contributed by atoms with E-state index in [0.29, 0.717) is 0 Å². The monoisotopic (exact) mass is 404 g/mol. The smallest absolute Gasteiger partial charge is 0.238 e. The summed E-state index contributed by atoms with van der Waals surface area (Å²) in [5, 5.41) is 5.40. The maximum atomic E-state index is 14.6. The van der Waals surface area contributed by atoms with Crippen LogP contribution < -0.4 is 16.4 Å². The van der Waals surface area contributed by atoms with Gasteiger partial charge in [0.05, 0.1) is 28.7 Å². The Balaban J connectivity index is 2.47. The number of rotatable bonds is 4. The Bertz CT molecular complexity index is 858. The summed E-state index contributed by atoms with van der Waals surface area (Å²) in [5.41, 5.74) is 4.35. The molecule has 1 fully saturated rings. The maximum Gasteiger partial charge on any atom is 0.238 e. The summed E-state index contributed by atoms with van der Waals surface area (Å²) in [6, 6.07) is 2.09. The van der Waals surface area contributed by atoms with Crippen LogP contribution in [0.5, 0.6) is 0 Å². The summed E-state index contributed by atoms with van der Waals surface area (Å²) >= 11 is 0. The van der Waals surface area contributed by atoms with Crippen LogP contribution in [-0.2, 0) is 20.2 Å². The number of likely N-dealkylation sites (N-methyl/N-ethyl adjacent to an activating group) is 1. The highest BCUT2D eigenvalue weighted by Gasteiger charge is 2.52. The van der Waals surface area contributed by atoms with Crippen LogP contribution in [0.3, 0.4) is 0 Å². The van der Waals surface area contributed by atoms with E-state index in [2.05, 4.69) is 10.6 Å². The van der Waals surface area contributed by atoms with Gasteiger partial charge in [0.15, 0.2) is 21.5 Å². The normalized spacial score (nSPS) is 26.8. The fourth-order valence-electron chi connectivity index (χ4n) is 3.02. The Labute approximate surface area is 158 Å². The number of hydrogen-bond acceptors (Lipinski definition) is 6. The number of carbonyl (C=O) groups is 1. The summed E-state index contributed by atoms with van der Waals surface area (Å²) in [4.78, 5) is 13.5. The van der Waals surface area contributed by atoms with Gasteiger partial charge in [-0.2, -0.15) is 0 Å². The zero-order valence-electron chi connectivity index (χ0n) is 16.1. The largest absolute Gasteiger partial charge is 0.325 e. The van der Waals surface area contributed by atoms with Crippen molar-refractivity contribution in [1.82, 2.24) is 10.2 Å². The number of nitrogens with two attached hydrogens (primary N) is 1. The SMILES string of the molecule is CN(C)CC(=O)Nc1cc(F)c(F)c([C@]2(C)CS(=O)(=O)C(C)(C)C(N)N2)c1. The molecule has 1 amide bonds. The second-order valence-electron chi connectivity index (χ2n) is 7.92. The third kappa shape index (κ3) is 4.13.